The predicted molar refractivity (Wildman–Crippen MR) is 146 cm³/mol. The van der Waals surface area contributed by atoms with Gasteiger partial charge in [-0.15, -0.1) is 0 Å². The lowest BCUT2D eigenvalue weighted by atomic mass is 10.1. The Kier molecular flexibility index (Phi) is 10.3. The van der Waals surface area contributed by atoms with Crippen LogP contribution in [0, 0.1) is 0 Å². The maximum atomic E-state index is 12.9. The van der Waals surface area contributed by atoms with Crippen molar-refractivity contribution >= 4 is 52.6 Å². The number of carbonyl (C=O) groups is 5. The van der Waals surface area contributed by atoms with Gasteiger partial charge in [-0.25, -0.2) is 24.4 Å². The Bertz CT molecular complexity index is 1550. The number of rotatable bonds is 11. The number of nitrogens with two attached hydrogens (primary N) is 3. The second-order valence-electron chi connectivity index (χ2n) is 9.09. The Balaban J connectivity index is 1.64. The van der Waals surface area contributed by atoms with Crippen LogP contribution in [0.1, 0.15) is 42.7 Å². The summed E-state index contributed by atoms with van der Waals surface area (Å²) < 4.78 is 9.24. The molecule has 0 aliphatic carbocycles. The van der Waals surface area contributed by atoms with Crippen LogP contribution >= 0.6 is 0 Å². The number of esters is 4. The number of hydrogen-bond donors (Lipinski definition) is 6. The third kappa shape index (κ3) is 8.60. The average molecular weight is 584 g/mol. The Hall–Kier alpha value is -5.29. The number of amides is 1. The van der Waals surface area contributed by atoms with Gasteiger partial charge in [-0.2, -0.15) is 4.98 Å². The van der Waals surface area contributed by atoms with E-state index in [1.54, 1.807) is 12.1 Å². The van der Waals surface area contributed by atoms with Gasteiger partial charge in [-0.3, -0.25) is 14.4 Å². The molecule has 17 heteroatoms. The van der Waals surface area contributed by atoms with Crippen LogP contribution in [0.4, 0.5) is 11.6 Å². The zero-order chi connectivity index (χ0) is 31.0. The van der Waals surface area contributed by atoms with Crippen molar-refractivity contribution in [2.24, 2.45) is 11.5 Å². The molecule has 0 bridgehead atoms. The molecule has 0 radical (unpaired) electrons. The second-order valence-corrected chi connectivity index (χ2v) is 9.09. The van der Waals surface area contributed by atoms with Gasteiger partial charge in [-0.05, 0) is 44.5 Å². The number of fused-ring (bicyclic) bond motifs is 1. The number of hydrogen-bond acceptors (Lipinski definition) is 15. The predicted octanol–water partition coefficient (Wildman–Crippen LogP) is -1.38. The van der Waals surface area contributed by atoms with E-state index in [0.29, 0.717) is 11.4 Å². The van der Waals surface area contributed by atoms with Crippen molar-refractivity contribution in [1.82, 2.24) is 25.3 Å². The van der Waals surface area contributed by atoms with Gasteiger partial charge in [0, 0.05) is 17.7 Å². The van der Waals surface area contributed by atoms with E-state index in [-0.39, 0.29) is 35.6 Å². The van der Waals surface area contributed by atoms with Gasteiger partial charge in [0.1, 0.15) is 18.1 Å². The average Bonchev–Trinajstić information content (AvgIpc) is 2.94. The summed E-state index contributed by atoms with van der Waals surface area (Å²) in [5.74, 6) is -4.93. The van der Waals surface area contributed by atoms with Crippen molar-refractivity contribution < 1.29 is 33.4 Å². The van der Waals surface area contributed by atoms with Crippen LogP contribution in [0.15, 0.2) is 35.3 Å². The third-order valence-electron chi connectivity index (χ3n) is 5.50. The Morgan fingerprint density at radius 1 is 0.952 bits per heavy atom. The van der Waals surface area contributed by atoms with Crippen LogP contribution in [0.25, 0.3) is 11.2 Å². The van der Waals surface area contributed by atoms with Gasteiger partial charge in [0.2, 0.25) is 5.95 Å². The monoisotopic (exact) mass is 583 g/mol. The van der Waals surface area contributed by atoms with Gasteiger partial charge in [0.05, 0.1) is 18.4 Å². The van der Waals surface area contributed by atoms with E-state index in [9.17, 15) is 28.8 Å². The highest BCUT2D eigenvalue weighted by atomic mass is 16.6. The fraction of sp³-hybridized carbons (Fsp3) is 0.320. The number of anilines is 2. The first kappa shape index (κ1) is 31.2. The summed E-state index contributed by atoms with van der Waals surface area (Å²) in [6.45, 7) is 2.81. The maximum absolute atomic E-state index is 12.9. The molecule has 0 saturated carbocycles. The quantitative estimate of drug-likeness (QED) is 0.112. The van der Waals surface area contributed by atoms with E-state index in [0.717, 1.165) is 0 Å². The van der Waals surface area contributed by atoms with Crippen molar-refractivity contribution in [2.75, 3.05) is 11.1 Å². The van der Waals surface area contributed by atoms with E-state index in [2.05, 4.69) is 40.0 Å². The van der Waals surface area contributed by atoms with E-state index in [4.69, 9.17) is 17.2 Å². The summed E-state index contributed by atoms with van der Waals surface area (Å²) in [6, 6.07) is 2.44. The lowest BCUT2D eigenvalue weighted by Gasteiger charge is -2.17. The minimum absolute atomic E-state index is 0.0278. The standard InChI is InChI=1S/C25H29N9O8/c1-11(26)22(38)41-17(35)8-7-16(24(40)42-23(39)12(2)27)32-20(36)13-3-5-14(6-4-13)29-9-15-10-30-19-18(31-15)21(37)34-25(28)33-19/h3-6,10-12,16,29H,7-9,26-27H2,1-2H3,(H,32,36)(H3,28,30,33,34,37)/t11-,12-,16-/m0/s1. The topological polar surface area (TPSA) is 277 Å². The molecule has 0 spiro atoms. The first-order chi connectivity index (χ1) is 19.8. The van der Waals surface area contributed by atoms with Crippen LogP contribution in [0.2, 0.25) is 0 Å². The normalized spacial score (nSPS) is 13.0. The molecule has 0 saturated heterocycles. The van der Waals surface area contributed by atoms with E-state index in [1.807, 2.05) is 0 Å². The maximum Gasteiger partial charge on any atom is 0.336 e. The number of nitrogens with one attached hydrogen (secondary N) is 3. The number of aromatic nitrogens is 4. The largest absolute Gasteiger partial charge is 0.392 e. The molecule has 3 rings (SSSR count). The molecule has 0 aliphatic heterocycles. The molecule has 0 fully saturated rings. The summed E-state index contributed by atoms with van der Waals surface area (Å²) in [4.78, 5) is 87.3. The van der Waals surface area contributed by atoms with Crippen LogP contribution in [-0.2, 0) is 35.2 Å². The highest BCUT2D eigenvalue weighted by Gasteiger charge is 2.28. The Labute approximate surface area is 237 Å². The summed E-state index contributed by atoms with van der Waals surface area (Å²) >= 11 is 0. The summed E-state index contributed by atoms with van der Waals surface area (Å²) in [5.41, 5.74) is 17.0. The number of benzene rings is 1. The molecule has 9 N–H and O–H groups in total. The summed E-state index contributed by atoms with van der Waals surface area (Å²) in [7, 11) is 0. The highest BCUT2D eigenvalue weighted by molar-refractivity contribution is 5.99. The molecule has 0 unspecified atom stereocenters. The fourth-order valence-corrected chi connectivity index (χ4v) is 3.27. The SMILES string of the molecule is C[C@H](N)C(=O)OC(=O)CC[C@H](NC(=O)c1ccc(NCc2cnc3[nH]c(N)nc(=O)c3n2)cc1)C(=O)OC(=O)[C@H](C)N. The van der Waals surface area contributed by atoms with Gasteiger partial charge >= 0.3 is 29.4 Å². The molecular weight excluding hydrogens is 554 g/mol. The zero-order valence-corrected chi connectivity index (χ0v) is 22.6. The van der Waals surface area contributed by atoms with Crippen LogP contribution in [0.3, 0.4) is 0 Å². The van der Waals surface area contributed by atoms with Crippen LogP contribution in [0.5, 0.6) is 0 Å². The van der Waals surface area contributed by atoms with E-state index < -0.39 is 59.9 Å². The molecule has 17 nitrogen and oxygen atoms in total. The molecular formula is C25H29N9O8. The summed E-state index contributed by atoms with van der Waals surface area (Å²) in [6.07, 6.45) is 0.629. The van der Waals surface area contributed by atoms with Crippen molar-refractivity contribution in [3.8, 4) is 0 Å². The van der Waals surface area contributed by atoms with Crippen molar-refractivity contribution in [1.29, 1.82) is 0 Å². The van der Waals surface area contributed by atoms with E-state index in [1.165, 1.54) is 32.2 Å². The molecule has 0 aliphatic rings. The smallest absolute Gasteiger partial charge is 0.336 e. The summed E-state index contributed by atoms with van der Waals surface area (Å²) in [5, 5.41) is 5.47. The van der Waals surface area contributed by atoms with Crippen molar-refractivity contribution in [2.45, 2.75) is 51.4 Å². The van der Waals surface area contributed by atoms with Crippen LogP contribution < -0.4 is 33.4 Å². The van der Waals surface area contributed by atoms with Gasteiger partial charge < -0.3 is 42.3 Å². The van der Waals surface area contributed by atoms with Crippen molar-refractivity contribution in [3.05, 3.63) is 52.1 Å². The van der Waals surface area contributed by atoms with Gasteiger partial charge in [0.15, 0.2) is 11.2 Å². The lowest BCUT2D eigenvalue weighted by molar-refractivity contribution is -0.161. The minimum atomic E-state index is -1.45. The first-order valence-electron chi connectivity index (χ1n) is 12.5. The third-order valence-corrected chi connectivity index (χ3v) is 5.50. The Morgan fingerprint density at radius 2 is 1.60 bits per heavy atom. The fourth-order valence-electron chi connectivity index (χ4n) is 3.27. The molecule has 2 heterocycles. The second kappa shape index (κ2) is 13.9. The molecule has 42 heavy (non-hydrogen) atoms. The number of H-pyrrole nitrogens is 1. The molecule has 3 aromatic rings. The van der Waals surface area contributed by atoms with Crippen LogP contribution in [-0.4, -0.2) is 67.8 Å². The molecule has 3 atom stereocenters. The number of nitrogen functional groups attached to an aromatic ring is 1. The first-order valence-corrected chi connectivity index (χ1v) is 12.5. The van der Waals surface area contributed by atoms with Crippen molar-refractivity contribution in [3.63, 3.8) is 0 Å². The number of ether oxygens (including phenoxy) is 2. The minimum Gasteiger partial charge on any atom is -0.392 e. The number of aromatic amines is 1. The highest BCUT2D eigenvalue weighted by Crippen LogP contribution is 2.13. The number of nitrogens with zero attached hydrogens (tertiary/aromatic N) is 3. The molecule has 1 aromatic carbocycles. The molecule has 2 aromatic heterocycles. The van der Waals surface area contributed by atoms with Gasteiger partial charge in [-0.1, -0.05) is 0 Å². The zero-order valence-electron chi connectivity index (χ0n) is 22.6. The molecule has 222 valence electrons. The molecule has 1 amide bonds. The van der Waals surface area contributed by atoms with Gasteiger partial charge in [0.25, 0.3) is 5.91 Å². The number of carbonyl (C=O) groups excluding carboxylic acids is 5. The lowest BCUT2D eigenvalue weighted by Crippen LogP contribution is -2.44. The Morgan fingerprint density at radius 3 is 2.24 bits per heavy atom. The van der Waals surface area contributed by atoms with E-state index >= 15 is 0 Å².